The second kappa shape index (κ2) is 7.35. The van der Waals surface area contributed by atoms with E-state index in [4.69, 9.17) is 0 Å². The Hall–Kier alpha value is -0.950. The zero-order valence-corrected chi connectivity index (χ0v) is 17.8. The first kappa shape index (κ1) is 17.5. The maximum absolute atomic E-state index is 4.11. The van der Waals surface area contributed by atoms with E-state index in [2.05, 4.69) is 123 Å². The van der Waals surface area contributed by atoms with Crippen LogP contribution in [-0.2, 0) is 5.16 Å². The van der Waals surface area contributed by atoms with E-state index in [-0.39, 0.29) is 5.16 Å². The van der Waals surface area contributed by atoms with Gasteiger partial charge in [0.05, 0.1) is 5.16 Å². The number of hydrogen-bond acceptors (Lipinski definition) is 0. The number of halogens is 2. The molecule has 0 aliphatic carbocycles. The fourth-order valence-corrected chi connectivity index (χ4v) is 10.5. The molecule has 0 bridgehead atoms. The van der Waals surface area contributed by atoms with E-state index in [1.54, 1.807) is 0 Å². The molecule has 1 heterocycles. The van der Waals surface area contributed by atoms with Crippen LogP contribution in [0.15, 0.2) is 91.0 Å². The van der Waals surface area contributed by atoms with Crippen molar-refractivity contribution in [3.8, 4) is 0 Å². The Bertz CT molecular complexity index is 781. The Morgan fingerprint density at radius 1 is 0.680 bits per heavy atom. The van der Waals surface area contributed by atoms with Gasteiger partial charge in [-0.2, -0.15) is 0 Å². The first-order valence-corrected chi connectivity index (χ1v) is 11.8. The summed E-state index contributed by atoms with van der Waals surface area (Å²) in [6, 6.07) is 33.1. The molecule has 3 atom stereocenters. The van der Waals surface area contributed by atoms with Gasteiger partial charge in [-0.05, 0) is 22.6 Å². The van der Waals surface area contributed by atoms with Crippen LogP contribution < -0.4 is 5.30 Å². The van der Waals surface area contributed by atoms with E-state index >= 15 is 0 Å². The van der Waals surface area contributed by atoms with Crippen LogP contribution in [0.3, 0.4) is 0 Å². The van der Waals surface area contributed by atoms with Crippen molar-refractivity contribution in [3.05, 3.63) is 102 Å². The third-order valence-corrected chi connectivity index (χ3v) is 12.1. The van der Waals surface area contributed by atoms with Crippen molar-refractivity contribution in [2.75, 3.05) is 6.16 Å². The van der Waals surface area contributed by atoms with Gasteiger partial charge in [0.2, 0.25) is 0 Å². The lowest BCUT2D eigenvalue weighted by atomic mass is 9.86. The quantitative estimate of drug-likeness (QED) is 0.310. The van der Waals surface area contributed by atoms with Crippen molar-refractivity contribution >= 4 is 45.1 Å². The largest absolute Gasteiger partial charge is 0.0874 e. The number of rotatable bonds is 3. The summed E-state index contributed by atoms with van der Waals surface area (Å²) in [4.78, 5) is 0.787. The smallest absolute Gasteiger partial charge is 0.0578 e. The molecule has 0 saturated carbocycles. The highest BCUT2D eigenvalue weighted by Crippen LogP contribution is 2.69. The molecule has 3 aromatic carbocycles. The lowest BCUT2D eigenvalue weighted by Crippen LogP contribution is -2.35. The zero-order chi connectivity index (χ0) is 17.3. The molecule has 1 saturated heterocycles. The normalized spacial score (nSPS) is 25.0. The summed E-state index contributed by atoms with van der Waals surface area (Å²) in [5.41, 5.74) is 2.81. The minimum atomic E-state index is -0.413. The molecule has 126 valence electrons. The highest BCUT2D eigenvalue weighted by atomic mass is 79.9. The van der Waals surface area contributed by atoms with E-state index in [9.17, 15) is 0 Å². The summed E-state index contributed by atoms with van der Waals surface area (Å²) < 4.78 is 0. The third-order valence-electron chi connectivity index (χ3n) is 5.00. The molecule has 3 unspecified atom stereocenters. The predicted octanol–water partition coefficient (Wildman–Crippen LogP) is 6.28. The van der Waals surface area contributed by atoms with Crippen LogP contribution in [0.4, 0.5) is 0 Å². The molecule has 3 aromatic rings. The minimum Gasteiger partial charge on any atom is -0.0874 e. The minimum absolute atomic E-state index is 0.0344. The van der Waals surface area contributed by atoms with Crippen LogP contribution in [0.25, 0.3) is 0 Å². The second-order valence-electron chi connectivity index (χ2n) is 6.36. The molecule has 1 fully saturated rings. The van der Waals surface area contributed by atoms with Crippen LogP contribution in [0.2, 0.25) is 0 Å². The molecule has 0 nitrogen and oxygen atoms in total. The van der Waals surface area contributed by atoms with E-state index in [1.807, 2.05) is 0 Å². The van der Waals surface area contributed by atoms with E-state index in [1.165, 1.54) is 22.6 Å². The van der Waals surface area contributed by atoms with Gasteiger partial charge in [-0.15, -0.1) is 0 Å². The molecule has 0 spiro atoms. The lowest BCUT2D eigenvalue weighted by Gasteiger charge is -2.40. The number of benzene rings is 3. The monoisotopic (exact) mass is 472 g/mol. The van der Waals surface area contributed by atoms with E-state index < -0.39 is 7.92 Å². The molecule has 3 heteroatoms. The molecule has 0 amide bonds. The van der Waals surface area contributed by atoms with E-state index in [0.29, 0.717) is 9.65 Å². The van der Waals surface area contributed by atoms with Crippen molar-refractivity contribution in [2.45, 2.75) is 14.8 Å². The lowest BCUT2D eigenvalue weighted by molar-refractivity contribution is 0.723. The van der Waals surface area contributed by atoms with Crippen molar-refractivity contribution in [1.82, 2.24) is 0 Å². The molecule has 0 aromatic heterocycles. The summed E-state index contributed by atoms with van der Waals surface area (Å²) in [5.74, 6) is 0. The molecular weight excluding hydrogens is 455 g/mol. The Labute approximate surface area is 167 Å². The molecule has 25 heavy (non-hydrogen) atoms. The summed E-state index contributed by atoms with van der Waals surface area (Å²) >= 11 is 8.09. The maximum atomic E-state index is 4.11. The molecule has 1 aliphatic rings. The Morgan fingerprint density at radius 3 is 1.60 bits per heavy atom. The number of alkyl halides is 2. The Balaban J connectivity index is 2.00. The van der Waals surface area contributed by atoms with Crippen molar-refractivity contribution < 1.29 is 0 Å². The average Bonchev–Trinajstić information content (AvgIpc) is 2.96. The maximum Gasteiger partial charge on any atom is 0.0578 e. The van der Waals surface area contributed by atoms with Gasteiger partial charge >= 0.3 is 0 Å². The molecule has 4 rings (SSSR count). The van der Waals surface area contributed by atoms with Gasteiger partial charge in [-0.25, -0.2) is 0 Å². The summed E-state index contributed by atoms with van der Waals surface area (Å²) in [7, 11) is -0.413. The average molecular weight is 474 g/mol. The Kier molecular flexibility index (Phi) is 5.13. The molecule has 0 radical (unpaired) electrons. The first-order valence-electron chi connectivity index (χ1n) is 8.46. The van der Waals surface area contributed by atoms with Crippen molar-refractivity contribution in [2.24, 2.45) is 0 Å². The molecular formula is C22H19Br2P. The fraction of sp³-hybridized carbons (Fsp3) is 0.182. The van der Waals surface area contributed by atoms with Gasteiger partial charge in [0.1, 0.15) is 0 Å². The van der Waals surface area contributed by atoms with Crippen LogP contribution >= 0.6 is 39.8 Å². The van der Waals surface area contributed by atoms with Crippen LogP contribution in [0, 0.1) is 0 Å². The van der Waals surface area contributed by atoms with Gasteiger partial charge in [0.25, 0.3) is 0 Å². The van der Waals surface area contributed by atoms with Crippen LogP contribution in [-0.4, -0.2) is 15.8 Å². The summed E-state index contributed by atoms with van der Waals surface area (Å²) in [6.45, 7) is 0. The SMILES string of the molecule is BrC1CP(c2ccccc2)C(c2ccccc2)(c2ccccc2)C1Br. The number of hydrogen-bond donors (Lipinski definition) is 0. The van der Waals surface area contributed by atoms with Crippen molar-refractivity contribution in [3.63, 3.8) is 0 Å². The van der Waals surface area contributed by atoms with Gasteiger partial charge in [0, 0.05) is 9.65 Å². The summed E-state index contributed by atoms with van der Waals surface area (Å²) in [5, 5.41) is 1.43. The van der Waals surface area contributed by atoms with Gasteiger partial charge < -0.3 is 0 Å². The standard InChI is InChI=1S/C22H19Br2P/c23-20-16-25(19-14-8-3-9-15-19)22(21(20)24,17-10-4-1-5-11-17)18-12-6-2-7-13-18/h1-15,20-21H,16H2. The zero-order valence-electron chi connectivity index (χ0n) is 13.7. The Morgan fingerprint density at radius 2 is 1.12 bits per heavy atom. The van der Waals surface area contributed by atoms with Crippen LogP contribution in [0.5, 0.6) is 0 Å². The highest BCUT2D eigenvalue weighted by Gasteiger charge is 2.55. The van der Waals surface area contributed by atoms with Gasteiger partial charge in [0.15, 0.2) is 0 Å². The first-order chi connectivity index (χ1) is 12.2. The van der Waals surface area contributed by atoms with Gasteiger partial charge in [-0.3, -0.25) is 0 Å². The fourth-order valence-electron chi connectivity index (χ4n) is 3.92. The van der Waals surface area contributed by atoms with Crippen molar-refractivity contribution in [1.29, 1.82) is 0 Å². The molecule has 1 aliphatic heterocycles. The highest BCUT2D eigenvalue weighted by molar-refractivity contribution is 9.12. The van der Waals surface area contributed by atoms with E-state index in [0.717, 1.165) is 0 Å². The topological polar surface area (TPSA) is 0 Å². The molecule has 0 N–H and O–H groups in total. The third kappa shape index (κ3) is 2.93. The summed E-state index contributed by atoms with van der Waals surface area (Å²) in [6.07, 6.45) is 1.17. The second-order valence-corrected chi connectivity index (χ2v) is 11.0. The predicted molar refractivity (Wildman–Crippen MR) is 117 cm³/mol. The van der Waals surface area contributed by atoms with Gasteiger partial charge in [-0.1, -0.05) is 131 Å². The van der Waals surface area contributed by atoms with Crippen LogP contribution in [0.1, 0.15) is 11.1 Å².